The lowest BCUT2D eigenvalue weighted by Crippen LogP contribution is -2.37. The summed E-state index contributed by atoms with van der Waals surface area (Å²) in [5, 5.41) is 3.59. The van der Waals surface area contributed by atoms with Gasteiger partial charge in [0.25, 0.3) is 5.56 Å². The fourth-order valence-corrected chi connectivity index (χ4v) is 3.79. The Kier molecular flexibility index (Phi) is 8.03. The monoisotopic (exact) mass is 413 g/mol. The first-order valence-electron chi connectivity index (χ1n) is 10.9. The third kappa shape index (κ3) is 4.50. The molecule has 2 aromatic heterocycles. The second kappa shape index (κ2) is 10.3. The molecule has 164 valence electrons. The van der Waals surface area contributed by atoms with Crippen molar-refractivity contribution in [3.8, 4) is 0 Å². The number of hydrogen-bond donors (Lipinski definition) is 1. The molecule has 1 aromatic carbocycles. The maximum atomic E-state index is 12.5. The Morgan fingerprint density at radius 3 is 2.50 bits per heavy atom. The summed E-state index contributed by atoms with van der Waals surface area (Å²) < 4.78 is 4.42. The summed E-state index contributed by atoms with van der Waals surface area (Å²) in [7, 11) is 3.15. The summed E-state index contributed by atoms with van der Waals surface area (Å²) in [6.45, 7) is 10.8. The maximum absolute atomic E-state index is 12.5. The zero-order valence-electron chi connectivity index (χ0n) is 19.3. The average Bonchev–Trinajstić information content (AvgIpc) is 3.37. The van der Waals surface area contributed by atoms with Crippen molar-refractivity contribution in [1.82, 2.24) is 18.7 Å². The molecule has 0 bridgehead atoms. The molecule has 7 nitrogen and oxygen atoms in total. The van der Waals surface area contributed by atoms with E-state index in [0.29, 0.717) is 23.8 Å². The van der Waals surface area contributed by atoms with Gasteiger partial charge < -0.3 is 9.88 Å². The van der Waals surface area contributed by atoms with E-state index in [9.17, 15) is 9.59 Å². The van der Waals surface area contributed by atoms with E-state index in [4.69, 9.17) is 0 Å². The molecular weight excluding hydrogens is 378 g/mol. The van der Waals surface area contributed by atoms with E-state index in [1.165, 1.54) is 28.4 Å². The number of aromatic nitrogens is 4. The van der Waals surface area contributed by atoms with Crippen LogP contribution in [0.3, 0.4) is 0 Å². The fraction of sp³-hybridized carbons (Fsp3) is 0.522. The minimum atomic E-state index is -0.351. The lowest BCUT2D eigenvalue weighted by molar-refractivity contribution is 0.568. The van der Waals surface area contributed by atoms with Crippen molar-refractivity contribution >= 4 is 16.9 Å². The largest absolute Gasteiger partial charge is 0.382 e. The second-order valence-electron chi connectivity index (χ2n) is 7.16. The van der Waals surface area contributed by atoms with Crippen LogP contribution in [0, 0.1) is 6.92 Å². The molecule has 3 aromatic rings. The van der Waals surface area contributed by atoms with Crippen LogP contribution in [0.15, 0.2) is 34.1 Å². The van der Waals surface area contributed by atoms with E-state index >= 15 is 0 Å². The highest BCUT2D eigenvalue weighted by Crippen LogP contribution is 2.28. The Labute approximate surface area is 178 Å². The molecule has 1 N–H and O–H groups in total. The first-order valence-corrected chi connectivity index (χ1v) is 10.9. The van der Waals surface area contributed by atoms with Crippen LogP contribution >= 0.6 is 0 Å². The van der Waals surface area contributed by atoms with Crippen LogP contribution in [0.5, 0.6) is 0 Å². The Balaban J connectivity index is 0.000000757. The zero-order valence-corrected chi connectivity index (χ0v) is 19.3. The highest BCUT2D eigenvalue weighted by atomic mass is 16.2. The molecule has 1 unspecified atom stereocenters. The van der Waals surface area contributed by atoms with E-state index in [1.807, 2.05) is 32.3 Å². The summed E-state index contributed by atoms with van der Waals surface area (Å²) in [5.41, 5.74) is 4.18. The topological polar surface area (TPSA) is 73.8 Å². The van der Waals surface area contributed by atoms with Crippen LogP contribution < -0.4 is 16.6 Å². The van der Waals surface area contributed by atoms with Crippen molar-refractivity contribution in [2.75, 3.05) is 5.32 Å². The van der Waals surface area contributed by atoms with Crippen LogP contribution in [-0.2, 0) is 27.1 Å². The Bertz CT molecular complexity index is 1110. The standard InChI is InChI=1S/C19H23N5O2.2C2H6/c1-12-6-7-13-10-14(21-15(13)9-12)5-4-8-24-11-20-17-16(24)18(25)23(3)19(26)22(17)2;2*1-2/h6-7,9,11,14,21H,4-5,8,10H2,1-3H3;2*1-2H3. The van der Waals surface area contributed by atoms with Gasteiger partial charge in [0.1, 0.15) is 0 Å². The molecule has 30 heavy (non-hydrogen) atoms. The highest BCUT2D eigenvalue weighted by Gasteiger charge is 2.20. The van der Waals surface area contributed by atoms with Gasteiger partial charge in [-0.3, -0.25) is 13.9 Å². The average molecular weight is 414 g/mol. The number of hydrogen-bond acceptors (Lipinski definition) is 4. The summed E-state index contributed by atoms with van der Waals surface area (Å²) >= 11 is 0. The van der Waals surface area contributed by atoms with E-state index in [1.54, 1.807) is 13.4 Å². The molecule has 1 aliphatic heterocycles. The zero-order chi connectivity index (χ0) is 22.4. The highest BCUT2D eigenvalue weighted by molar-refractivity contribution is 5.69. The number of nitrogens with zero attached hydrogens (tertiary/aromatic N) is 4. The number of fused-ring (bicyclic) bond motifs is 2. The summed E-state index contributed by atoms with van der Waals surface area (Å²) in [6.07, 6.45) is 4.64. The van der Waals surface area contributed by atoms with Gasteiger partial charge in [-0.1, -0.05) is 39.8 Å². The van der Waals surface area contributed by atoms with Crippen LogP contribution in [0.25, 0.3) is 11.2 Å². The summed E-state index contributed by atoms with van der Waals surface area (Å²) in [4.78, 5) is 28.7. The molecule has 7 heteroatoms. The van der Waals surface area contributed by atoms with Gasteiger partial charge in [0.15, 0.2) is 11.2 Å². The van der Waals surface area contributed by atoms with Crippen molar-refractivity contribution in [2.45, 2.75) is 66.5 Å². The molecule has 0 saturated carbocycles. The molecule has 0 fully saturated rings. The second-order valence-corrected chi connectivity index (χ2v) is 7.16. The predicted octanol–water partition coefficient (Wildman–Crippen LogP) is 3.61. The quantitative estimate of drug-likeness (QED) is 0.709. The molecule has 0 spiro atoms. The normalized spacial score (nSPS) is 14.3. The Morgan fingerprint density at radius 2 is 1.80 bits per heavy atom. The molecular formula is C23H35N5O2. The van der Waals surface area contributed by atoms with Crippen LogP contribution in [0.2, 0.25) is 0 Å². The number of aryl methyl sites for hydroxylation is 3. The molecule has 0 saturated heterocycles. The van der Waals surface area contributed by atoms with Gasteiger partial charge in [-0.2, -0.15) is 0 Å². The Morgan fingerprint density at radius 1 is 1.10 bits per heavy atom. The SMILES string of the molecule is CC.CC.Cc1ccc2c(c1)NC(CCCn1cnc3c1c(=O)n(C)c(=O)n3C)C2. The van der Waals surface area contributed by atoms with Crippen molar-refractivity contribution in [3.05, 3.63) is 56.5 Å². The smallest absolute Gasteiger partial charge is 0.332 e. The van der Waals surface area contributed by atoms with Crippen LogP contribution in [0.1, 0.15) is 51.7 Å². The molecule has 4 rings (SSSR count). The van der Waals surface area contributed by atoms with E-state index in [-0.39, 0.29) is 11.2 Å². The number of rotatable bonds is 4. The van der Waals surface area contributed by atoms with E-state index in [0.717, 1.165) is 23.8 Å². The maximum Gasteiger partial charge on any atom is 0.332 e. The van der Waals surface area contributed by atoms with Gasteiger partial charge in [-0.15, -0.1) is 0 Å². The number of benzene rings is 1. The third-order valence-electron chi connectivity index (χ3n) is 5.26. The van der Waals surface area contributed by atoms with Gasteiger partial charge in [0.2, 0.25) is 0 Å². The van der Waals surface area contributed by atoms with Gasteiger partial charge >= 0.3 is 5.69 Å². The molecule has 0 radical (unpaired) electrons. The first kappa shape index (κ1) is 23.4. The first-order chi connectivity index (χ1) is 14.5. The van der Waals surface area contributed by atoms with Crippen molar-refractivity contribution < 1.29 is 0 Å². The lowest BCUT2D eigenvalue weighted by Gasteiger charge is -2.12. The Hall–Kier alpha value is -2.83. The van der Waals surface area contributed by atoms with Crippen LogP contribution in [-0.4, -0.2) is 24.7 Å². The molecule has 0 aliphatic carbocycles. The van der Waals surface area contributed by atoms with Crippen molar-refractivity contribution in [1.29, 1.82) is 0 Å². The number of imidazole rings is 1. The van der Waals surface area contributed by atoms with Gasteiger partial charge in [0, 0.05) is 32.4 Å². The molecule has 3 heterocycles. The van der Waals surface area contributed by atoms with E-state index in [2.05, 4.69) is 35.4 Å². The minimum Gasteiger partial charge on any atom is -0.382 e. The fourth-order valence-electron chi connectivity index (χ4n) is 3.79. The van der Waals surface area contributed by atoms with Gasteiger partial charge in [-0.05, 0) is 43.4 Å². The van der Waals surface area contributed by atoms with Gasteiger partial charge in [0.05, 0.1) is 6.33 Å². The van der Waals surface area contributed by atoms with Crippen molar-refractivity contribution in [3.63, 3.8) is 0 Å². The molecule has 1 aliphatic rings. The number of anilines is 1. The van der Waals surface area contributed by atoms with E-state index < -0.39 is 0 Å². The summed E-state index contributed by atoms with van der Waals surface area (Å²) in [5.74, 6) is 0. The van der Waals surface area contributed by atoms with Crippen LogP contribution in [0.4, 0.5) is 5.69 Å². The molecule has 0 amide bonds. The predicted molar refractivity (Wildman–Crippen MR) is 124 cm³/mol. The molecule has 1 atom stereocenters. The third-order valence-corrected chi connectivity index (χ3v) is 5.26. The lowest BCUT2D eigenvalue weighted by atomic mass is 10.1. The van der Waals surface area contributed by atoms with Crippen molar-refractivity contribution in [2.24, 2.45) is 14.1 Å². The van der Waals surface area contributed by atoms with Gasteiger partial charge in [-0.25, -0.2) is 9.78 Å². The number of nitrogens with one attached hydrogen (secondary N) is 1. The summed E-state index contributed by atoms with van der Waals surface area (Å²) in [6, 6.07) is 6.98. The minimum absolute atomic E-state index is 0.289.